The maximum Gasteiger partial charge on any atom is 0.138 e. The number of hydrogen-bond acceptors (Lipinski definition) is 6. The van der Waals surface area contributed by atoms with E-state index in [9.17, 15) is 0 Å². The number of pyridine rings is 4. The molecular formula is C50H32N6. The zero-order valence-electron chi connectivity index (χ0n) is 30.2. The fourth-order valence-electron chi connectivity index (χ4n) is 6.64. The van der Waals surface area contributed by atoms with E-state index in [0.29, 0.717) is 0 Å². The highest BCUT2D eigenvalue weighted by Gasteiger charge is 2.15. The lowest BCUT2D eigenvalue weighted by Gasteiger charge is -2.22. The maximum atomic E-state index is 4.59. The summed E-state index contributed by atoms with van der Waals surface area (Å²) >= 11 is 0. The van der Waals surface area contributed by atoms with Crippen LogP contribution >= 0.6 is 0 Å². The summed E-state index contributed by atoms with van der Waals surface area (Å²) < 4.78 is 0. The highest BCUT2D eigenvalue weighted by atomic mass is 15.2. The highest BCUT2D eigenvalue weighted by Crippen LogP contribution is 2.33. The molecule has 0 N–H and O–H groups in total. The van der Waals surface area contributed by atoms with Gasteiger partial charge in [-0.1, -0.05) is 72.2 Å². The Hall–Kier alpha value is -8.06. The second-order valence-corrected chi connectivity index (χ2v) is 12.9. The van der Waals surface area contributed by atoms with Crippen LogP contribution in [0.25, 0.3) is 21.5 Å². The van der Waals surface area contributed by atoms with E-state index in [0.717, 1.165) is 78.4 Å². The van der Waals surface area contributed by atoms with E-state index in [-0.39, 0.29) is 0 Å². The van der Waals surface area contributed by atoms with Gasteiger partial charge in [-0.05, 0) is 143 Å². The summed E-state index contributed by atoms with van der Waals surface area (Å²) in [5.74, 6) is 16.9. The quantitative estimate of drug-likeness (QED) is 0.126. The fourth-order valence-corrected chi connectivity index (χ4v) is 6.64. The van der Waals surface area contributed by atoms with Crippen molar-refractivity contribution < 1.29 is 0 Å². The average Bonchev–Trinajstić information content (AvgIpc) is 3.27. The Bertz CT molecular complexity index is 2620. The van der Waals surface area contributed by atoms with Gasteiger partial charge >= 0.3 is 0 Å². The number of aromatic nitrogens is 4. The first kappa shape index (κ1) is 33.8. The summed E-state index contributed by atoms with van der Waals surface area (Å²) in [6, 6.07) is 56.8. The number of anilines is 6. The Balaban J connectivity index is 1.01. The first-order valence-corrected chi connectivity index (χ1v) is 18.2. The lowest BCUT2D eigenvalue weighted by atomic mass is 9.97. The molecule has 0 atom stereocenters. The Labute approximate surface area is 325 Å². The molecule has 0 aliphatic rings. The lowest BCUT2D eigenvalue weighted by molar-refractivity contribution is 1.12. The summed E-state index contributed by atoms with van der Waals surface area (Å²) in [4.78, 5) is 22.4. The van der Waals surface area contributed by atoms with Gasteiger partial charge in [0.1, 0.15) is 23.3 Å². The Morgan fingerprint density at radius 1 is 0.321 bits per heavy atom. The Kier molecular flexibility index (Phi) is 9.34. The van der Waals surface area contributed by atoms with Gasteiger partial charge in [-0.15, -0.1) is 0 Å². The minimum Gasteiger partial charge on any atom is -0.279 e. The first-order valence-electron chi connectivity index (χ1n) is 18.2. The molecule has 0 saturated carbocycles. The first-order chi connectivity index (χ1) is 27.8. The van der Waals surface area contributed by atoms with E-state index in [2.05, 4.69) is 116 Å². The van der Waals surface area contributed by atoms with Gasteiger partial charge in [0.25, 0.3) is 0 Å². The topological polar surface area (TPSA) is 58.0 Å². The van der Waals surface area contributed by atoms with Crippen molar-refractivity contribution in [2.24, 2.45) is 0 Å². The maximum absolute atomic E-state index is 4.59. The molecule has 262 valence electrons. The van der Waals surface area contributed by atoms with Gasteiger partial charge in [-0.25, -0.2) is 19.9 Å². The third kappa shape index (κ3) is 7.15. The van der Waals surface area contributed by atoms with Crippen LogP contribution in [0.3, 0.4) is 0 Å². The molecule has 0 aliphatic carbocycles. The predicted octanol–water partition coefficient (Wildman–Crippen LogP) is 11.3. The van der Waals surface area contributed by atoms with Gasteiger partial charge in [0.15, 0.2) is 0 Å². The normalized spacial score (nSPS) is 10.6. The highest BCUT2D eigenvalue weighted by molar-refractivity contribution is 6.02. The van der Waals surface area contributed by atoms with E-state index in [1.807, 2.05) is 107 Å². The molecule has 4 heterocycles. The van der Waals surface area contributed by atoms with Crippen LogP contribution in [0.15, 0.2) is 195 Å². The molecular weight excluding hydrogens is 685 g/mol. The molecule has 0 amide bonds. The molecule has 0 fully saturated rings. The average molecular weight is 717 g/mol. The lowest BCUT2D eigenvalue weighted by Crippen LogP contribution is -2.12. The van der Waals surface area contributed by atoms with Crippen molar-refractivity contribution in [3.8, 4) is 23.7 Å². The van der Waals surface area contributed by atoms with Crippen molar-refractivity contribution in [3.63, 3.8) is 0 Å². The standard InChI is InChI=1S/C50H32N6/c1-5-31-51-47(15-1)55(48-16-2-6-32-52-48)43-27-21-37(22-28-43)19-25-39-11-9-13-41-35-42-14-10-12-40(46(42)36-45(39)41)26-20-38-23-29-44(30-24-38)56(49-17-3-7-33-53-49)50-18-4-8-34-54-50/h1-18,21-24,27-36H. The van der Waals surface area contributed by atoms with E-state index in [1.165, 1.54) is 0 Å². The second kappa shape index (κ2) is 15.5. The largest absolute Gasteiger partial charge is 0.279 e. The van der Waals surface area contributed by atoms with Crippen LogP contribution in [0.2, 0.25) is 0 Å². The van der Waals surface area contributed by atoms with Gasteiger partial charge in [-0.2, -0.15) is 0 Å². The summed E-state index contributed by atoms with van der Waals surface area (Å²) in [7, 11) is 0. The van der Waals surface area contributed by atoms with Gasteiger partial charge in [0, 0.05) is 58.4 Å². The summed E-state index contributed by atoms with van der Waals surface area (Å²) in [5.41, 5.74) is 5.64. The molecule has 56 heavy (non-hydrogen) atoms. The van der Waals surface area contributed by atoms with Crippen LogP contribution in [-0.4, -0.2) is 19.9 Å². The van der Waals surface area contributed by atoms with Crippen molar-refractivity contribution in [2.75, 3.05) is 9.80 Å². The summed E-state index contributed by atoms with van der Waals surface area (Å²) in [6.07, 6.45) is 7.15. The van der Waals surface area contributed by atoms with E-state index in [4.69, 9.17) is 0 Å². The molecule has 0 unspecified atom stereocenters. The van der Waals surface area contributed by atoms with Gasteiger partial charge < -0.3 is 0 Å². The van der Waals surface area contributed by atoms with Crippen molar-refractivity contribution in [2.45, 2.75) is 0 Å². The van der Waals surface area contributed by atoms with Crippen LogP contribution < -0.4 is 9.80 Å². The minimum absolute atomic E-state index is 0.791. The third-order valence-electron chi connectivity index (χ3n) is 9.33. The van der Waals surface area contributed by atoms with Crippen molar-refractivity contribution in [1.29, 1.82) is 0 Å². The third-order valence-corrected chi connectivity index (χ3v) is 9.33. The number of fused-ring (bicyclic) bond motifs is 2. The van der Waals surface area contributed by atoms with Crippen molar-refractivity contribution in [3.05, 3.63) is 217 Å². The molecule has 6 nitrogen and oxygen atoms in total. The second-order valence-electron chi connectivity index (χ2n) is 12.9. The van der Waals surface area contributed by atoms with Crippen LogP contribution in [0.5, 0.6) is 0 Å². The molecule has 9 aromatic rings. The molecule has 6 heteroatoms. The van der Waals surface area contributed by atoms with Gasteiger partial charge in [0.05, 0.1) is 0 Å². The Morgan fingerprint density at radius 2 is 0.696 bits per heavy atom. The minimum atomic E-state index is 0.791. The molecule has 5 aromatic carbocycles. The van der Waals surface area contributed by atoms with E-state index in [1.54, 1.807) is 24.8 Å². The monoisotopic (exact) mass is 716 g/mol. The molecule has 0 spiro atoms. The number of nitrogens with zero attached hydrogens (tertiary/aromatic N) is 6. The number of rotatable bonds is 6. The SMILES string of the molecule is C(#Cc1cccc2cc3cccc(C#Cc4ccc(N(c5ccccn5)c5ccccn5)cc4)c3cc12)c1ccc(N(c2ccccn2)c2ccccn2)cc1. The summed E-state index contributed by atoms with van der Waals surface area (Å²) in [6.45, 7) is 0. The predicted molar refractivity (Wildman–Crippen MR) is 227 cm³/mol. The molecule has 0 saturated heterocycles. The zero-order valence-corrected chi connectivity index (χ0v) is 30.2. The van der Waals surface area contributed by atoms with Gasteiger partial charge in [0.2, 0.25) is 0 Å². The van der Waals surface area contributed by atoms with Crippen LogP contribution in [0.4, 0.5) is 34.6 Å². The van der Waals surface area contributed by atoms with E-state index < -0.39 is 0 Å². The van der Waals surface area contributed by atoms with Crippen LogP contribution in [0.1, 0.15) is 22.3 Å². The summed E-state index contributed by atoms with van der Waals surface area (Å²) in [5, 5.41) is 4.44. The van der Waals surface area contributed by atoms with Crippen LogP contribution in [0, 0.1) is 23.7 Å². The van der Waals surface area contributed by atoms with Gasteiger partial charge in [-0.3, -0.25) is 9.80 Å². The molecule has 0 aliphatic heterocycles. The van der Waals surface area contributed by atoms with Crippen LogP contribution in [-0.2, 0) is 0 Å². The fraction of sp³-hybridized carbons (Fsp3) is 0. The Morgan fingerprint density at radius 3 is 1.04 bits per heavy atom. The van der Waals surface area contributed by atoms with Crippen molar-refractivity contribution in [1.82, 2.24) is 19.9 Å². The number of hydrogen-bond donors (Lipinski definition) is 0. The van der Waals surface area contributed by atoms with E-state index >= 15 is 0 Å². The molecule has 4 aromatic heterocycles. The molecule has 9 rings (SSSR count). The molecule has 0 bridgehead atoms. The smallest absolute Gasteiger partial charge is 0.138 e. The molecule has 0 radical (unpaired) electrons. The van der Waals surface area contributed by atoms with Crippen molar-refractivity contribution >= 4 is 56.2 Å². The zero-order chi connectivity index (χ0) is 37.5. The number of benzene rings is 5.